The van der Waals surface area contributed by atoms with Gasteiger partial charge in [0, 0.05) is 24.6 Å². The van der Waals surface area contributed by atoms with Crippen LogP contribution in [0.5, 0.6) is 0 Å². The largest absolute Gasteiger partial charge is 0.303 e. The third kappa shape index (κ3) is 3.65. The Morgan fingerprint density at radius 3 is 2.59 bits per heavy atom. The fourth-order valence-corrected chi connectivity index (χ4v) is 2.19. The van der Waals surface area contributed by atoms with Crippen LogP contribution < -0.4 is 0 Å². The van der Waals surface area contributed by atoms with Crippen molar-refractivity contribution in [1.82, 2.24) is 14.9 Å². The molecular weight excluding hydrogens is 234 g/mol. The molecule has 1 aromatic heterocycles. The molecule has 0 bridgehead atoms. The molecule has 3 nitrogen and oxygen atoms in total. The van der Waals surface area contributed by atoms with Crippen LogP contribution in [0.2, 0.25) is 5.15 Å². The molecule has 0 N–H and O–H groups in total. The molecule has 0 spiro atoms. The van der Waals surface area contributed by atoms with Crippen LogP contribution in [0.15, 0.2) is 6.07 Å². The maximum atomic E-state index is 6.04. The molecule has 17 heavy (non-hydrogen) atoms. The van der Waals surface area contributed by atoms with E-state index < -0.39 is 0 Å². The standard InChI is InChI=1S/C13H20ClN3/c1-3-17(4-2)8-7-13-15-11(10-5-6-10)9-12(14)16-13/h9-10H,3-8H2,1-2H3. The minimum absolute atomic E-state index is 0.594. The maximum Gasteiger partial charge on any atom is 0.133 e. The lowest BCUT2D eigenvalue weighted by atomic mass is 10.2. The molecule has 0 aliphatic heterocycles. The first-order valence-electron chi connectivity index (χ1n) is 6.48. The third-order valence-corrected chi connectivity index (χ3v) is 3.50. The van der Waals surface area contributed by atoms with Gasteiger partial charge in [-0.1, -0.05) is 25.4 Å². The van der Waals surface area contributed by atoms with Crippen molar-refractivity contribution in [3.63, 3.8) is 0 Å². The van der Waals surface area contributed by atoms with Gasteiger partial charge < -0.3 is 4.90 Å². The second-order valence-electron chi connectivity index (χ2n) is 4.58. The first kappa shape index (κ1) is 12.8. The molecule has 0 unspecified atom stereocenters. The third-order valence-electron chi connectivity index (χ3n) is 3.30. The number of nitrogens with zero attached hydrogens (tertiary/aromatic N) is 3. The lowest BCUT2D eigenvalue weighted by Gasteiger charge is -2.17. The average molecular weight is 254 g/mol. The summed E-state index contributed by atoms with van der Waals surface area (Å²) < 4.78 is 0. The molecule has 0 amide bonds. The van der Waals surface area contributed by atoms with E-state index in [1.165, 1.54) is 12.8 Å². The fraction of sp³-hybridized carbons (Fsp3) is 0.692. The van der Waals surface area contributed by atoms with Gasteiger partial charge in [-0.25, -0.2) is 9.97 Å². The zero-order chi connectivity index (χ0) is 12.3. The average Bonchev–Trinajstić information content (AvgIpc) is 3.13. The van der Waals surface area contributed by atoms with E-state index in [2.05, 4.69) is 28.7 Å². The molecule has 1 aliphatic carbocycles. The van der Waals surface area contributed by atoms with Crippen LogP contribution >= 0.6 is 11.6 Å². The van der Waals surface area contributed by atoms with Gasteiger partial charge in [-0.3, -0.25) is 0 Å². The van der Waals surface area contributed by atoms with Gasteiger partial charge in [-0.05, 0) is 32.0 Å². The molecule has 1 saturated carbocycles. The van der Waals surface area contributed by atoms with Gasteiger partial charge >= 0.3 is 0 Å². The molecule has 0 saturated heterocycles. The molecule has 1 aromatic rings. The predicted octanol–water partition coefficient (Wildman–Crippen LogP) is 2.89. The topological polar surface area (TPSA) is 29.0 Å². The summed E-state index contributed by atoms with van der Waals surface area (Å²) in [5, 5.41) is 0.594. The second kappa shape index (κ2) is 5.78. The molecule has 94 valence electrons. The number of halogens is 1. The summed E-state index contributed by atoms with van der Waals surface area (Å²) in [6.45, 7) is 7.52. The molecular formula is C13H20ClN3. The summed E-state index contributed by atoms with van der Waals surface area (Å²) in [5.74, 6) is 1.54. The van der Waals surface area contributed by atoms with Crippen LogP contribution in [-0.4, -0.2) is 34.5 Å². The maximum absolute atomic E-state index is 6.04. The van der Waals surface area contributed by atoms with Crippen LogP contribution in [-0.2, 0) is 6.42 Å². The monoisotopic (exact) mass is 253 g/mol. The van der Waals surface area contributed by atoms with Crippen molar-refractivity contribution in [2.75, 3.05) is 19.6 Å². The van der Waals surface area contributed by atoms with Gasteiger partial charge in [0.1, 0.15) is 11.0 Å². The van der Waals surface area contributed by atoms with Crippen LogP contribution in [0.1, 0.15) is 44.1 Å². The Morgan fingerprint density at radius 1 is 1.29 bits per heavy atom. The number of aromatic nitrogens is 2. The zero-order valence-electron chi connectivity index (χ0n) is 10.6. The zero-order valence-corrected chi connectivity index (χ0v) is 11.4. The Bertz CT molecular complexity index is 373. The van der Waals surface area contributed by atoms with Crippen molar-refractivity contribution in [3.05, 3.63) is 22.7 Å². The fourth-order valence-electron chi connectivity index (χ4n) is 1.98. The van der Waals surface area contributed by atoms with Gasteiger partial charge in [0.25, 0.3) is 0 Å². The molecule has 0 aromatic carbocycles. The lowest BCUT2D eigenvalue weighted by Crippen LogP contribution is -2.26. The first-order valence-corrected chi connectivity index (χ1v) is 6.86. The van der Waals surface area contributed by atoms with Crippen molar-refractivity contribution in [2.24, 2.45) is 0 Å². The highest BCUT2D eigenvalue weighted by atomic mass is 35.5. The quantitative estimate of drug-likeness (QED) is 0.730. The number of hydrogen-bond acceptors (Lipinski definition) is 3. The van der Waals surface area contributed by atoms with Crippen molar-refractivity contribution >= 4 is 11.6 Å². The van der Waals surface area contributed by atoms with Gasteiger partial charge in [0.05, 0.1) is 0 Å². The number of rotatable bonds is 6. The van der Waals surface area contributed by atoms with Crippen molar-refractivity contribution in [1.29, 1.82) is 0 Å². The van der Waals surface area contributed by atoms with Crippen molar-refractivity contribution < 1.29 is 0 Å². The molecule has 1 heterocycles. The molecule has 1 fully saturated rings. The van der Waals surface area contributed by atoms with E-state index in [4.69, 9.17) is 11.6 Å². The molecule has 2 rings (SSSR count). The summed E-state index contributed by atoms with van der Waals surface area (Å²) in [7, 11) is 0. The van der Waals surface area contributed by atoms with E-state index in [-0.39, 0.29) is 0 Å². The van der Waals surface area contributed by atoms with Gasteiger partial charge in [-0.2, -0.15) is 0 Å². The van der Waals surface area contributed by atoms with Crippen molar-refractivity contribution in [2.45, 2.75) is 39.0 Å². The Morgan fingerprint density at radius 2 is 2.00 bits per heavy atom. The van der Waals surface area contributed by atoms with Crippen LogP contribution in [0.25, 0.3) is 0 Å². The highest BCUT2D eigenvalue weighted by Gasteiger charge is 2.25. The Hall–Kier alpha value is -0.670. The minimum Gasteiger partial charge on any atom is -0.303 e. The minimum atomic E-state index is 0.594. The summed E-state index contributed by atoms with van der Waals surface area (Å²) >= 11 is 6.04. The van der Waals surface area contributed by atoms with Crippen molar-refractivity contribution in [3.8, 4) is 0 Å². The van der Waals surface area contributed by atoms with E-state index in [9.17, 15) is 0 Å². The van der Waals surface area contributed by atoms with Crippen LogP contribution in [0.3, 0.4) is 0 Å². The number of hydrogen-bond donors (Lipinski definition) is 0. The normalized spacial score (nSPS) is 15.5. The van der Waals surface area contributed by atoms with Crippen LogP contribution in [0, 0.1) is 0 Å². The highest BCUT2D eigenvalue weighted by molar-refractivity contribution is 6.29. The highest BCUT2D eigenvalue weighted by Crippen LogP contribution is 2.39. The van der Waals surface area contributed by atoms with E-state index >= 15 is 0 Å². The van der Waals surface area contributed by atoms with E-state index in [0.29, 0.717) is 11.1 Å². The summed E-state index contributed by atoms with van der Waals surface area (Å²) in [5.41, 5.74) is 1.14. The Kier molecular flexibility index (Phi) is 4.35. The first-order chi connectivity index (χ1) is 8.22. The smallest absolute Gasteiger partial charge is 0.133 e. The molecule has 4 heteroatoms. The lowest BCUT2D eigenvalue weighted by molar-refractivity contribution is 0.305. The summed E-state index contributed by atoms with van der Waals surface area (Å²) in [6, 6.07) is 1.92. The van der Waals surface area contributed by atoms with Gasteiger partial charge in [-0.15, -0.1) is 0 Å². The molecule has 0 radical (unpaired) electrons. The summed E-state index contributed by atoms with van der Waals surface area (Å²) in [4.78, 5) is 11.3. The van der Waals surface area contributed by atoms with E-state index in [1.807, 2.05) is 6.07 Å². The Balaban J connectivity index is 1.99. The predicted molar refractivity (Wildman–Crippen MR) is 70.5 cm³/mol. The molecule has 1 aliphatic rings. The Labute approximate surface area is 108 Å². The summed E-state index contributed by atoms with van der Waals surface area (Å²) in [6.07, 6.45) is 3.40. The second-order valence-corrected chi connectivity index (χ2v) is 4.97. The molecule has 0 atom stereocenters. The van der Waals surface area contributed by atoms with E-state index in [1.54, 1.807) is 0 Å². The van der Waals surface area contributed by atoms with Gasteiger partial charge in [0.2, 0.25) is 0 Å². The van der Waals surface area contributed by atoms with Crippen LogP contribution in [0.4, 0.5) is 0 Å². The van der Waals surface area contributed by atoms with E-state index in [0.717, 1.165) is 37.6 Å². The number of likely N-dealkylation sites (N-methyl/N-ethyl adjacent to an activating group) is 1. The van der Waals surface area contributed by atoms with Gasteiger partial charge in [0.15, 0.2) is 0 Å². The SMILES string of the molecule is CCN(CC)CCc1nc(Cl)cc(C2CC2)n1.